The molecule has 1 aromatic carbocycles. The first-order valence-electron chi connectivity index (χ1n) is 6.94. The maximum atomic E-state index is 10.9. The molecule has 0 spiro atoms. The minimum atomic E-state index is -4.54. The summed E-state index contributed by atoms with van der Waals surface area (Å²) in [6, 6.07) is 5.28. The van der Waals surface area contributed by atoms with Crippen LogP contribution in [0.1, 0.15) is 31.9 Å². The van der Waals surface area contributed by atoms with Crippen LogP contribution in [0.25, 0.3) is 0 Å². The topological polar surface area (TPSA) is 76.0 Å². The molecular formula is C14H24ClO5PSi. The fourth-order valence-corrected chi connectivity index (χ4v) is 3.02. The predicted molar refractivity (Wildman–Crippen MR) is 90.3 cm³/mol. The molecular weight excluding hydrogens is 343 g/mol. The standard InChI is InChI=1S/C14H24ClO5PSi/c1-14(2,3)22(4,5)20-9-11-7-6-8-13(15)12(11)10-19-21(16,17)18/h6-8H,9-10H2,1-5H3,(H2,16,17,18). The molecule has 8 heteroatoms. The molecule has 22 heavy (non-hydrogen) atoms. The number of hydrogen-bond acceptors (Lipinski definition) is 3. The summed E-state index contributed by atoms with van der Waals surface area (Å²) in [5.74, 6) is 0. The summed E-state index contributed by atoms with van der Waals surface area (Å²) >= 11 is 6.12. The molecule has 0 radical (unpaired) electrons. The van der Waals surface area contributed by atoms with Crippen molar-refractivity contribution in [3.63, 3.8) is 0 Å². The molecule has 0 unspecified atom stereocenters. The molecule has 0 amide bonds. The quantitative estimate of drug-likeness (QED) is 0.573. The molecule has 0 aromatic heterocycles. The first-order valence-corrected chi connectivity index (χ1v) is 11.8. The van der Waals surface area contributed by atoms with E-state index < -0.39 is 16.1 Å². The molecule has 126 valence electrons. The Hall–Kier alpha value is -0.203. The Morgan fingerprint density at radius 1 is 1.23 bits per heavy atom. The Balaban J connectivity index is 2.92. The third-order valence-electron chi connectivity index (χ3n) is 3.99. The van der Waals surface area contributed by atoms with E-state index in [1.54, 1.807) is 12.1 Å². The molecule has 0 saturated carbocycles. The van der Waals surface area contributed by atoms with Gasteiger partial charge in [-0.15, -0.1) is 0 Å². The maximum Gasteiger partial charge on any atom is 0.469 e. The molecule has 0 bridgehead atoms. The molecule has 0 atom stereocenters. The van der Waals surface area contributed by atoms with E-state index in [1.165, 1.54) is 0 Å². The lowest BCUT2D eigenvalue weighted by molar-refractivity contribution is 0.187. The average Bonchev–Trinajstić information content (AvgIpc) is 2.32. The maximum absolute atomic E-state index is 10.9. The fraction of sp³-hybridized carbons (Fsp3) is 0.571. The van der Waals surface area contributed by atoms with Gasteiger partial charge in [0.25, 0.3) is 0 Å². The van der Waals surface area contributed by atoms with Gasteiger partial charge in [-0.25, -0.2) is 4.57 Å². The highest BCUT2D eigenvalue weighted by Gasteiger charge is 2.37. The van der Waals surface area contributed by atoms with Gasteiger partial charge in [0.1, 0.15) is 0 Å². The SMILES string of the molecule is CC(C)(C)[Si](C)(C)OCc1cccc(Cl)c1COP(=O)(O)O. The Kier molecular flexibility index (Phi) is 6.44. The number of hydrogen-bond donors (Lipinski definition) is 2. The van der Waals surface area contributed by atoms with Gasteiger partial charge in [-0.1, -0.05) is 44.5 Å². The number of phosphoric ester groups is 1. The third kappa shape index (κ3) is 5.78. The number of rotatable bonds is 6. The second kappa shape index (κ2) is 7.14. The summed E-state index contributed by atoms with van der Waals surface area (Å²) in [7, 11) is -6.46. The highest BCUT2D eigenvalue weighted by atomic mass is 35.5. The Bertz CT molecular complexity index is 565. The van der Waals surface area contributed by atoms with Crippen molar-refractivity contribution < 1.29 is 23.3 Å². The van der Waals surface area contributed by atoms with Gasteiger partial charge >= 0.3 is 7.82 Å². The molecule has 1 rings (SSSR count). The lowest BCUT2D eigenvalue weighted by Gasteiger charge is -2.36. The summed E-state index contributed by atoms with van der Waals surface area (Å²) in [6.45, 7) is 10.8. The van der Waals surface area contributed by atoms with E-state index in [9.17, 15) is 4.57 Å². The van der Waals surface area contributed by atoms with Gasteiger partial charge in [-0.05, 0) is 29.8 Å². The van der Waals surface area contributed by atoms with E-state index in [-0.39, 0.29) is 11.6 Å². The molecule has 1 aromatic rings. The van der Waals surface area contributed by atoms with Crippen molar-refractivity contribution in [1.82, 2.24) is 0 Å². The van der Waals surface area contributed by atoms with Crippen molar-refractivity contribution in [3.05, 3.63) is 34.3 Å². The minimum Gasteiger partial charge on any atom is -0.413 e. The van der Waals surface area contributed by atoms with Gasteiger partial charge in [0, 0.05) is 10.6 Å². The minimum absolute atomic E-state index is 0.0775. The van der Waals surface area contributed by atoms with E-state index in [2.05, 4.69) is 38.4 Å². The molecule has 0 aliphatic carbocycles. The Morgan fingerprint density at radius 2 is 1.82 bits per heavy atom. The number of halogens is 1. The second-order valence-corrected chi connectivity index (χ2v) is 13.1. The van der Waals surface area contributed by atoms with Crippen LogP contribution in [0.5, 0.6) is 0 Å². The predicted octanol–water partition coefficient (Wildman–Crippen LogP) is 4.47. The summed E-state index contributed by atoms with van der Waals surface area (Å²) in [5, 5.41) is 0.485. The summed E-state index contributed by atoms with van der Waals surface area (Å²) in [6.07, 6.45) is 0. The molecule has 0 aliphatic rings. The van der Waals surface area contributed by atoms with Gasteiger partial charge in [-0.3, -0.25) is 4.52 Å². The van der Waals surface area contributed by atoms with E-state index in [0.29, 0.717) is 17.2 Å². The first-order chi connectivity index (χ1) is 9.83. The summed E-state index contributed by atoms with van der Waals surface area (Å²) in [4.78, 5) is 17.7. The van der Waals surface area contributed by atoms with Crippen LogP contribution in [-0.4, -0.2) is 18.1 Å². The van der Waals surface area contributed by atoms with Crippen LogP contribution >= 0.6 is 19.4 Å². The zero-order chi connectivity index (χ0) is 17.2. The van der Waals surface area contributed by atoms with Crippen LogP contribution in [0, 0.1) is 0 Å². The van der Waals surface area contributed by atoms with E-state index in [1.807, 2.05) is 6.07 Å². The molecule has 2 N–H and O–H groups in total. The first kappa shape index (κ1) is 19.8. The molecule has 0 aliphatic heterocycles. The van der Waals surface area contributed by atoms with Gasteiger partial charge in [0.05, 0.1) is 13.2 Å². The van der Waals surface area contributed by atoms with Crippen molar-refractivity contribution in [2.45, 2.75) is 52.1 Å². The van der Waals surface area contributed by atoms with Gasteiger partial charge in [0.2, 0.25) is 0 Å². The van der Waals surface area contributed by atoms with E-state index in [4.69, 9.17) is 25.8 Å². The highest BCUT2D eigenvalue weighted by Crippen LogP contribution is 2.39. The van der Waals surface area contributed by atoms with E-state index in [0.717, 1.165) is 5.56 Å². The number of benzene rings is 1. The van der Waals surface area contributed by atoms with Gasteiger partial charge in [-0.2, -0.15) is 0 Å². The zero-order valence-electron chi connectivity index (χ0n) is 13.6. The molecule has 0 fully saturated rings. The van der Waals surface area contributed by atoms with Crippen molar-refractivity contribution in [1.29, 1.82) is 0 Å². The van der Waals surface area contributed by atoms with Crippen LogP contribution < -0.4 is 0 Å². The smallest absolute Gasteiger partial charge is 0.413 e. The zero-order valence-corrected chi connectivity index (χ0v) is 16.2. The summed E-state index contributed by atoms with van der Waals surface area (Å²) < 4.78 is 21.6. The molecule has 0 saturated heterocycles. The lowest BCUT2D eigenvalue weighted by atomic mass is 10.1. The largest absolute Gasteiger partial charge is 0.469 e. The molecule has 0 heterocycles. The van der Waals surface area contributed by atoms with Crippen molar-refractivity contribution in [3.8, 4) is 0 Å². The fourth-order valence-electron chi connectivity index (χ4n) is 1.52. The van der Waals surface area contributed by atoms with Crippen molar-refractivity contribution in [2.24, 2.45) is 0 Å². The van der Waals surface area contributed by atoms with Crippen LogP contribution in [0.4, 0.5) is 0 Å². The third-order valence-corrected chi connectivity index (χ3v) is 9.29. The van der Waals surface area contributed by atoms with E-state index >= 15 is 0 Å². The van der Waals surface area contributed by atoms with Crippen LogP contribution in [-0.2, 0) is 26.7 Å². The summed E-state index contributed by atoms with van der Waals surface area (Å²) in [5.41, 5.74) is 1.33. The van der Waals surface area contributed by atoms with Crippen molar-refractivity contribution in [2.75, 3.05) is 0 Å². The number of phosphoric acid groups is 1. The van der Waals surface area contributed by atoms with Crippen LogP contribution in [0.3, 0.4) is 0 Å². The normalized spacial score (nSPS) is 13.5. The Morgan fingerprint density at radius 3 is 2.32 bits per heavy atom. The highest BCUT2D eigenvalue weighted by molar-refractivity contribution is 7.46. The molecule has 5 nitrogen and oxygen atoms in total. The van der Waals surface area contributed by atoms with Crippen molar-refractivity contribution >= 4 is 27.7 Å². The van der Waals surface area contributed by atoms with Crippen LogP contribution in [0.15, 0.2) is 18.2 Å². The average molecular weight is 367 g/mol. The monoisotopic (exact) mass is 366 g/mol. The lowest BCUT2D eigenvalue weighted by Crippen LogP contribution is -2.40. The van der Waals surface area contributed by atoms with Crippen LogP contribution in [0.2, 0.25) is 23.2 Å². The second-order valence-electron chi connectivity index (χ2n) is 6.69. The van der Waals surface area contributed by atoms with Gasteiger partial charge < -0.3 is 14.2 Å². The van der Waals surface area contributed by atoms with Gasteiger partial charge in [0.15, 0.2) is 8.32 Å². The Labute approximate surface area is 138 Å².